The van der Waals surface area contributed by atoms with Crippen LogP contribution in [0.1, 0.15) is 122 Å². The van der Waals surface area contributed by atoms with E-state index in [1.165, 1.54) is 96.3 Å². The molecule has 0 spiro atoms. The molecule has 1 aromatic carbocycles. The van der Waals surface area contributed by atoms with E-state index in [-0.39, 0.29) is 0 Å². The van der Waals surface area contributed by atoms with Gasteiger partial charge in [0.2, 0.25) is 0 Å². The zero-order valence-corrected chi connectivity index (χ0v) is 16.6. The molecule has 1 unspecified atom stereocenters. The van der Waals surface area contributed by atoms with E-state index in [4.69, 9.17) is 0 Å². The van der Waals surface area contributed by atoms with Crippen LogP contribution in [0, 0.1) is 0 Å². The molecule has 0 heterocycles. The van der Waals surface area contributed by atoms with Crippen LogP contribution in [-0.4, -0.2) is 0 Å². The third kappa shape index (κ3) is 10.9. The molecular weight excluding hydrogens is 288 g/mol. The molecule has 0 heteroatoms. The lowest BCUT2D eigenvalue weighted by Crippen LogP contribution is -1.99. The van der Waals surface area contributed by atoms with Gasteiger partial charge in [0.15, 0.2) is 0 Å². The average molecular weight is 331 g/mol. The van der Waals surface area contributed by atoms with Crippen molar-refractivity contribution in [3.05, 3.63) is 35.9 Å². The smallest absolute Gasteiger partial charge is 0.0162 e. The van der Waals surface area contributed by atoms with Gasteiger partial charge in [-0.1, -0.05) is 128 Å². The van der Waals surface area contributed by atoms with Gasteiger partial charge in [0.25, 0.3) is 0 Å². The van der Waals surface area contributed by atoms with Gasteiger partial charge >= 0.3 is 0 Å². The first kappa shape index (κ1) is 21.3. The van der Waals surface area contributed by atoms with E-state index in [1.54, 1.807) is 5.56 Å². The van der Waals surface area contributed by atoms with E-state index in [0.29, 0.717) is 0 Å². The van der Waals surface area contributed by atoms with E-state index in [1.807, 2.05) is 0 Å². The normalized spacial score (nSPS) is 12.4. The molecule has 0 saturated heterocycles. The summed E-state index contributed by atoms with van der Waals surface area (Å²) in [6.45, 7) is 4.60. The maximum Gasteiger partial charge on any atom is -0.0162 e. The summed E-state index contributed by atoms with van der Waals surface area (Å²) < 4.78 is 0. The first-order valence-corrected chi connectivity index (χ1v) is 10.9. The first-order valence-electron chi connectivity index (χ1n) is 10.9. The average Bonchev–Trinajstić information content (AvgIpc) is 2.62. The highest BCUT2D eigenvalue weighted by atomic mass is 14.2. The molecule has 0 aliphatic carbocycles. The molecule has 0 aliphatic rings. The minimum Gasteiger partial charge on any atom is -0.0654 e. The van der Waals surface area contributed by atoms with Crippen LogP contribution >= 0.6 is 0 Å². The van der Waals surface area contributed by atoms with Crippen molar-refractivity contribution in [2.75, 3.05) is 0 Å². The van der Waals surface area contributed by atoms with Gasteiger partial charge in [-0.15, -0.1) is 0 Å². The Morgan fingerprint density at radius 1 is 0.542 bits per heavy atom. The standard InChI is InChI=1S/C24H42/c1-3-5-7-8-9-10-11-12-13-16-20-23(19-15-6-4-2)24-21-17-14-18-22-24/h14,17-18,21-23H,3-13,15-16,19-20H2,1-2H3. The van der Waals surface area contributed by atoms with E-state index in [9.17, 15) is 0 Å². The van der Waals surface area contributed by atoms with Crippen molar-refractivity contribution >= 4 is 0 Å². The molecular formula is C24H42. The van der Waals surface area contributed by atoms with Crippen LogP contribution in [0.3, 0.4) is 0 Å². The first-order chi connectivity index (χ1) is 11.9. The molecule has 0 N–H and O–H groups in total. The predicted molar refractivity (Wildman–Crippen MR) is 110 cm³/mol. The number of unbranched alkanes of at least 4 members (excludes halogenated alkanes) is 11. The summed E-state index contributed by atoms with van der Waals surface area (Å²) in [6, 6.07) is 11.2. The topological polar surface area (TPSA) is 0 Å². The molecule has 24 heavy (non-hydrogen) atoms. The van der Waals surface area contributed by atoms with Crippen molar-refractivity contribution < 1.29 is 0 Å². The highest BCUT2D eigenvalue weighted by Crippen LogP contribution is 2.28. The summed E-state index contributed by atoms with van der Waals surface area (Å²) in [6.07, 6.45) is 21.3. The highest BCUT2D eigenvalue weighted by molar-refractivity contribution is 5.19. The molecule has 1 rings (SSSR count). The second kappa shape index (κ2) is 15.7. The Hall–Kier alpha value is -0.780. The Morgan fingerprint density at radius 3 is 1.50 bits per heavy atom. The van der Waals surface area contributed by atoms with Gasteiger partial charge in [-0.2, -0.15) is 0 Å². The maximum absolute atomic E-state index is 2.34. The minimum absolute atomic E-state index is 0.798. The molecule has 1 aromatic rings. The van der Waals surface area contributed by atoms with Gasteiger partial charge in [-0.3, -0.25) is 0 Å². The molecule has 0 aromatic heterocycles. The second-order valence-electron chi connectivity index (χ2n) is 7.57. The minimum atomic E-state index is 0.798. The zero-order chi connectivity index (χ0) is 17.3. The van der Waals surface area contributed by atoms with Gasteiger partial charge in [-0.05, 0) is 24.3 Å². The number of rotatable bonds is 16. The Kier molecular flexibility index (Phi) is 13.9. The Labute approximate surface area is 152 Å². The highest BCUT2D eigenvalue weighted by Gasteiger charge is 2.10. The van der Waals surface area contributed by atoms with Gasteiger partial charge in [0.1, 0.15) is 0 Å². The lowest BCUT2D eigenvalue weighted by atomic mass is 9.88. The third-order valence-corrected chi connectivity index (χ3v) is 5.33. The SMILES string of the molecule is CCCCCCCCCCCCC(CCCCC)c1ccccc1. The summed E-state index contributed by atoms with van der Waals surface area (Å²) in [7, 11) is 0. The number of hydrogen-bond donors (Lipinski definition) is 0. The quantitative estimate of drug-likeness (QED) is 0.266. The number of benzene rings is 1. The second-order valence-corrected chi connectivity index (χ2v) is 7.57. The summed E-state index contributed by atoms with van der Waals surface area (Å²) in [4.78, 5) is 0. The molecule has 0 nitrogen and oxygen atoms in total. The lowest BCUT2D eigenvalue weighted by molar-refractivity contribution is 0.491. The van der Waals surface area contributed by atoms with E-state index >= 15 is 0 Å². The van der Waals surface area contributed by atoms with Crippen LogP contribution in [-0.2, 0) is 0 Å². The van der Waals surface area contributed by atoms with Crippen LogP contribution in [0.15, 0.2) is 30.3 Å². The molecule has 0 aliphatic heterocycles. The Morgan fingerprint density at radius 2 is 0.958 bits per heavy atom. The van der Waals surface area contributed by atoms with Crippen molar-refractivity contribution in [1.29, 1.82) is 0 Å². The Balaban J connectivity index is 2.11. The molecule has 0 amide bonds. The van der Waals surface area contributed by atoms with Crippen molar-refractivity contribution in [3.63, 3.8) is 0 Å². The largest absolute Gasteiger partial charge is 0.0654 e. The fraction of sp³-hybridized carbons (Fsp3) is 0.750. The molecule has 0 bridgehead atoms. The fourth-order valence-electron chi connectivity index (χ4n) is 3.72. The monoisotopic (exact) mass is 330 g/mol. The summed E-state index contributed by atoms with van der Waals surface area (Å²) >= 11 is 0. The molecule has 0 fully saturated rings. The molecule has 0 radical (unpaired) electrons. The molecule has 1 atom stereocenters. The van der Waals surface area contributed by atoms with Gasteiger partial charge in [-0.25, -0.2) is 0 Å². The lowest BCUT2D eigenvalue weighted by Gasteiger charge is -2.17. The molecule has 0 saturated carbocycles. The van der Waals surface area contributed by atoms with Gasteiger partial charge in [0, 0.05) is 0 Å². The van der Waals surface area contributed by atoms with Crippen LogP contribution in [0.2, 0.25) is 0 Å². The Bertz CT molecular complexity index is 354. The van der Waals surface area contributed by atoms with Crippen molar-refractivity contribution in [2.24, 2.45) is 0 Å². The molecule has 138 valence electrons. The third-order valence-electron chi connectivity index (χ3n) is 5.33. The predicted octanol–water partition coefficient (Wildman–Crippen LogP) is 8.66. The van der Waals surface area contributed by atoms with Gasteiger partial charge < -0.3 is 0 Å². The van der Waals surface area contributed by atoms with Crippen molar-refractivity contribution in [3.8, 4) is 0 Å². The van der Waals surface area contributed by atoms with Crippen LogP contribution in [0.4, 0.5) is 0 Å². The van der Waals surface area contributed by atoms with E-state index in [0.717, 1.165) is 5.92 Å². The number of hydrogen-bond acceptors (Lipinski definition) is 0. The van der Waals surface area contributed by atoms with E-state index < -0.39 is 0 Å². The van der Waals surface area contributed by atoms with Crippen molar-refractivity contribution in [1.82, 2.24) is 0 Å². The summed E-state index contributed by atoms with van der Waals surface area (Å²) in [5.74, 6) is 0.798. The van der Waals surface area contributed by atoms with Crippen LogP contribution in [0.5, 0.6) is 0 Å². The summed E-state index contributed by atoms with van der Waals surface area (Å²) in [5, 5.41) is 0. The fourth-order valence-corrected chi connectivity index (χ4v) is 3.72. The van der Waals surface area contributed by atoms with E-state index in [2.05, 4.69) is 44.2 Å². The maximum atomic E-state index is 2.34. The van der Waals surface area contributed by atoms with Crippen LogP contribution < -0.4 is 0 Å². The van der Waals surface area contributed by atoms with Crippen molar-refractivity contribution in [2.45, 2.75) is 116 Å². The van der Waals surface area contributed by atoms with Crippen LogP contribution in [0.25, 0.3) is 0 Å². The van der Waals surface area contributed by atoms with Gasteiger partial charge in [0.05, 0.1) is 0 Å². The summed E-state index contributed by atoms with van der Waals surface area (Å²) in [5.41, 5.74) is 1.57. The zero-order valence-electron chi connectivity index (χ0n) is 16.6.